The Morgan fingerprint density at radius 1 is 1.19 bits per heavy atom. The third kappa shape index (κ3) is 3.36. The van der Waals surface area contributed by atoms with Crippen molar-refractivity contribution in [3.05, 3.63) is 43.3 Å². The standard InChI is InChI=1S/C16H16BrIN2S/c17-15-7-6-14(21-15)16-11(3-1-2-8-19)12-9-10(18)4-5-13(12)20-16/h4-7,9,20H,1-3,8,19H2. The summed E-state index contributed by atoms with van der Waals surface area (Å²) in [7, 11) is 0. The predicted molar refractivity (Wildman–Crippen MR) is 104 cm³/mol. The van der Waals surface area contributed by atoms with E-state index in [1.807, 2.05) is 0 Å². The SMILES string of the molecule is NCCCCc1c(-c2ccc(Br)s2)[nH]c2ccc(I)cc12. The number of aromatic nitrogens is 1. The van der Waals surface area contributed by atoms with Gasteiger partial charge in [-0.15, -0.1) is 11.3 Å². The number of hydrogen-bond donors (Lipinski definition) is 2. The Bertz CT molecular complexity index is 763. The van der Waals surface area contributed by atoms with E-state index in [1.54, 1.807) is 11.3 Å². The van der Waals surface area contributed by atoms with E-state index < -0.39 is 0 Å². The number of hydrogen-bond acceptors (Lipinski definition) is 2. The second-order valence-corrected chi connectivity index (χ2v) is 8.73. The van der Waals surface area contributed by atoms with Crippen molar-refractivity contribution in [3.8, 4) is 10.6 Å². The molecule has 0 saturated carbocycles. The van der Waals surface area contributed by atoms with E-state index in [4.69, 9.17) is 5.73 Å². The number of rotatable bonds is 5. The van der Waals surface area contributed by atoms with Crippen LogP contribution in [0.3, 0.4) is 0 Å². The molecule has 2 heterocycles. The second-order valence-electron chi connectivity index (χ2n) is 5.02. The number of unbranched alkanes of at least 4 members (excludes halogenated alkanes) is 1. The molecule has 0 aliphatic heterocycles. The Labute approximate surface area is 150 Å². The quantitative estimate of drug-likeness (QED) is 0.369. The third-order valence-corrected chi connectivity index (χ3v) is 5.88. The summed E-state index contributed by atoms with van der Waals surface area (Å²) in [4.78, 5) is 4.89. The fourth-order valence-corrected chi connectivity index (χ4v) is 4.49. The Morgan fingerprint density at radius 2 is 2.05 bits per heavy atom. The lowest BCUT2D eigenvalue weighted by Gasteiger charge is -2.03. The number of aromatic amines is 1. The first-order valence-corrected chi connectivity index (χ1v) is 9.63. The topological polar surface area (TPSA) is 41.8 Å². The van der Waals surface area contributed by atoms with Crippen LogP contribution in [0.1, 0.15) is 18.4 Å². The Balaban J connectivity index is 2.10. The smallest absolute Gasteiger partial charge is 0.0705 e. The molecule has 0 saturated heterocycles. The highest BCUT2D eigenvalue weighted by molar-refractivity contribution is 14.1. The summed E-state index contributed by atoms with van der Waals surface area (Å²) in [5.41, 5.74) is 9.55. The average molecular weight is 475 g/mol. The van der Waals surface area contributed by atoms with Gasteiger partial charge in [0.2, 0.25) is 0 Å². The number of nitrogens with one attached hydrogen (secondary N) is 1. The molecule has 0 atom stereocenters. The van der Waals surface area contributed by atoms with Gasteiger partial charge in [-0.2, -0.15) is 0 Å². The Kier molecular flexibility index (Phi) is 5.03. The summed E-state index contributed by atoms with van der Waals surface area (Å²) in [6.07, 6.45) is 3.28. The number of nitrogens with two attached hydrogens (primary N) is 1. The summed E-state index contributed by atoms with van der Waals surface area (Å²) in [5.74, 6) is 0. The van der Waals surface area contributed by atoms with Crippen molar-refractivity contribution in [1.82, 2.24) is 4.98 Å². The first-order valence-electron chi connectivity index (χ1n) is 6.95. The van der Waals surface area contributed by atoms with Crippen LogP contribution in [0.5, 0.6) is 0 Å². The van der Waals surface area contributed by atoms with Crippen LogP contribution in [0.4, 0.5) is 0 Å². The fourth-order valence-electron chi connectivity index (χ4n) is 2.58. The van der Waals surface area contributed by atoms with Crippen LogP contribution >= 0.6 is 49.9 Å². The first-order chi connectivity index (χ1) is 10.2. The molecular formula is C16H16BrIN2S. The van der Waals surface area contributed by atoms with Gasteiger partial charge in [-0.3, -0.25) is 0 Å². The summed E-state index contributed by atoms with van der Waals surface area (Å²) < 4.78 is 2.44. The zero-order valence-electron chi connectivity index (χ0n) is 11.5. The van der Waals surface area contributed by atoms with Crippen LogP contribution in [0.2, 0.25) is 0 Å². The van der Waals surface area contributed by atoms with Gasteiger partial charge in [-0.25, -0.2) is 0 Å². The zero-order valence-corrected chi connectivity index (χ0v) is 16.0. The third-order valence-electron chi connectivity index (χ3n) is 3.57. The molecule has 0 unspecified atom stereocenters. The molecule has 3 rings (SSSR count). The van der Waals surface area contributed by atoms with Crippen molar-refractivity contribution in [1.29, 1.82) is 0 Å². The lowest BCUT2D eigenvalue weighted by atomic mass is 10.0. The molecule has 2 nitrogen and oxygen atoms in total. The molecule has 0 aliphatic rings. The minimum absolute atomic E-state index is 0.764. The molecule has 0 aliphatic carbocycles. The van der Waals surface area contributed by atoms with Crippen molar-refractivity contribution in [3.63, 3.8) is 0 Å². The number of benzene rings is 1. The van der Waals surface area contributed by atoms with Crippen LogP contribution in [-0.2, 0) is 6.42 Å². The molecule has 5 heteroatoms. The molecule has 0 fully saturated rings. The monoisotopic (exact) mass is 474 g/mol. The van der Waals surface area contributed by atoms with E-state index in [9.17, 15) is 0 Å². The highest BCUT2D eigenvalue weighted by atomic mass is 127. The van der Waals surface area contributed by atoms with Crippen LogP contribution in [0.25, 0.3) is 21.5 Å². The number of aryl methyl sites for hydroxylation is 1. The van der Waals surface area contributed by atoms with Crippen molar-refractivity contribution in [2.45, 2.75) is 19.3 Å². The van der Waals surface area contributed by atoms with Crippen LogP contribution in [0, 0.1) is 3.57 Å². The first kappa shape index (κ1) is 15.5. The van der Waals surface area contributed by atoms with Gasteiger partial charge in [-0.05, 0) is 100 Å². The molecule has 0 spiro atoms. The van der Waals surface area contributed by atoms with Gasteiger partial charge in [0, 0.05) is 14.5 Å². The van der Waals surface area contributed by atoms with Gasteiger partial charge in [0.05, 0.1) is 14.4 Å². The minimum Gasteiger partial charge on any atom is -0.354 e. The summed E-state index contributed by atoms with van der Waals surface area (Å²) in [6.45, 7) is 0.764. The number of H-pyrrole nitrogens is 1. The van der Waals surface area contributed by atoms with Gasteiger partial charge >= 0.3 is 0 Å². The van der Waals surface area contributed by atoms with E-state index in [0.717, 1.165) is 25.8 Å². The molecule has 1 aromatic carbocycles. The number of fused-ring (bicyclic) bond motifs is 1. The van der Waals surface area contributed by atoms with E-state index in [0.29, 0.717) is 0 Å². The molecule has 3 N–H and O–H groups in total. The van der Waals surface area contributed by atoms with Crippen LogP contribution in [0.15, 0.2) is 34.1 Å². The van der Waals surface area contributed by atoms with E-state index in [-0.39, 0.29) is 0 Å². The summed E-state index contributed by atoms with van der Waals surface area (Å²) in [5, 5.41) is 1.35. The van der Waals surface area contributed by atoms with Crippen molar-refractivity contribution >= 4 is 60.8 Å². The molecule has 0 amide bonds. The molecular weight excluding hydrogens is 459 g/mol. The normalized spacial score (nSPS) is 11.4. The predicted octanol–water partition coefficient (Wildman–Crippen LogP) is 5.54. The van der Waals surface area contributed by atoms with Crippen molar-refractivity contribution in [2.75, 3.05) is 6.54 Å². The van der Waals surface area contributed by atoms with Gasteiger partial charge in [0.1, 0.15) is 0 Å². The van der Waals surface area contributed by atoms with E-state index >= 15 is 0 Å². The average Bonchev–Trinajstić information content (AvgIpc) is 3.03. The Morgan fingerprint density at radius 3 is 2.76 bits per heavy atom. The highest BCUT2D eigenvalue weighted by Gasteiger charge is 2.14. The number of thiophene rings is 1. The lowest BCUT2D eigenvalue weighted by Crippen LogP contribution is -1.99. The highest BCUT2D eigenvalue weighted by Crippen LogP contribution is 2.37. The lowest BCUT2D eigenvalue weighted by molar-refractivity contribution is 0.748. The molecule has 21 heavy (non-hydrogen) atoms. The molecule has 3 aromatic rings. The maximum absolute atomic E-state index is 5.64. The van der Waals surface area contributed by atoms with Gasteiger partial charge in [-0.1, -0.05) is 0 Å². The van der Waals surface area contributed by atoms with Gasteiger partial charge < -0.3 is 10.7 Å². The second kappa shape index (κ2) is 6.81. The van der Waals surface area contributed by atoms with Crippen molar-refractivity contribution < 1.29 is 0 Å². The number of halogens is 2. The molecule has 0 bridgehead atoms. The van der Waals surface area contributed by atoms with Gasteiger partial charge in [0.15, 0.2) is 0 Å². The molecule has 110 valence electrons. The molecule has 2 aromatic heterocycles. The maximum atomic E-state index is 5.64. The largest absolute Gasteiger partial charge is 0.354 e. The maximum Gasteiger partial charge on any atom is 0.0705 e. The fraction of sp³-hybridized carbons (Fsp3) is 0.250. The van der Waals surface area contributed by atoms with Crippen LogP contribution < -0.4 is 5.73 Å². The minimum atomic E-state index is 0.764. The van der Waals surface area contributed by atoms with E-state index in [2.05, 4.69) is 73.8 Å². The van der Waals surface area contributed by atoms with Crippen LogP contribution in [-0.4, -0.2) is 11.5 Å². The van der Waals surface area contributed by atoms with Crippen molar-refractivity contribution in [2.24, 2.45) is 5.73 Å². The van der Waals surface area contributed by atoms with Gasteiger partial charge in [0.25, 0.3) is 0 Å². The van der Waals surface area contributed by atoms with E-state index in [1.165, 1.54) is 34.4 Å². The summed E-state index contributed by atoms with van der Waals surface area (Å²) >= 11 is 7.71. The molecule has 0 radical (unpaired) electrons. The summed E-state index contributed by atoms with van der Waals surface area (Å²) in [6, 6.07) is 10.9. The Hall–Kier alpha value is -0.370. The zero-order chi connectivity index (χ0) is 14.8.